The van der Waals surface area contributed by atoms with Gasteiger partial charge in [-0.3, -0.25) is 9.59 Å². The summed E-state index contributed by atoms with van der Waals surface area (Å²) >= 11 is 5.97. The minimum atomic E-state index is -0.531. The van der Waals surface area contributed by atoms with E-state index in [0.29, 0.717) is 23.0 Å². The molecule has 2 amide bonds. The maximum absolute atomic E-state index is 12.0. The molecule has 0 spiro atoms. The number of carbonyl (C=O) groups excluding carboxylic acids is 2. The lowest BCUT2D eigenvalue weighted by Gasteiger charge is -2.14. The quantitative estimate of drug-likeness (QED) is 0.758. The Morgan fingerprint density at radius 3 is 2.67 bits per heavy atom. The molecule has 0 saturated carbocycles. The highest BCUT2D eigenvalue weighted by Gasteiger charge is 2.14. The van der Waals surface area contributed by atoms with Gasteiger partial charge in [-0.05, 0) is 31.5 Å². The van der Waals surface area contributed by atoms with Crippen LogP contribution in [0.2, 0.25) is 5.02 Å². The van der Waals surface area contributed by atoms with Crippen LogP contribution in [0.1, 0.15) is 33.6 Å². The van der Waals surface area contributed by atoms with Gasteiger partial charge in [-0.25, -0.2) is 0 Å². The number of carbonyl (C=O) groups is 2. The zero-order valence-corrected chi connectivity index (χ0v) is 13.3. The summed E-state index contributed by atoms with van der Waals surface area (Å²) in [6, 6.07) is 4.90. The highest BCUT2D eigenvalue weighted by atomic mass is 35.5. The Kier molecular flexibility index (Phi) is 7.19. The van der Waals surface area contributed by atoms with Gasteiger partial charge in [0.2, 0.25) is 5.91 Å². The van der Waals surface area contributed by atoms with Crippen LogP contribution in [0.5, 0.6) is 0 Å². The molecular weight excluding hydrogens is 292 g/mol. The lowest BCUT2D eigenvalue weighted by Crippen LogP contribution is -2.28. The van der Waals surface area contributed by atoms with Gasteiger partial charge in [-0.15, -0.1) is 0 Å². The molecule has 0 aromatic heterocycles. The van der Waals surface area contributed by atoms with Crippen LogP contribution >= 0.6 is 11.6 Å². The largest absolute Gasteiger partial charge is 0.369 e. The molecule has 0 saturated heterocycles. The highest BCUT2D eigenvalue weighted by molar-refractivity contribution is 6.33. The second-order valence-electron chi connectivity index (χ2n) is 4.73. The molecule has 1 unspecified atom stereocenters. The third-order valence-electron chi connectivity index (χ3n) is 2.78. The smallest absolute Gasteiger partial charge is 0.253 e. The number of hydrogen-bond acceptors (Lipinski definition) is 3. The fourth-order valence-corrected chi connectivity index (χ4v) is 1.78. The van der Waals surface area contributed by atoms with E-state index in [-0.39, 0.29) is 11.8 Å². The number of anilines is 2. The van der Waals surface area contributed by atoms with E-state index in [4.69, 9.17) is 16.3 Å². The molecule has 1 aromatic carbocycles. The lowest BCUT2D eigenvalue weighted by atomic mass is 10.2. The number of rotatable bonds is 7. The summed E-state index contributed by atoms with van der Waals surface area (Å²) in [6.07, 6.45) is 1.41. The first-order chi connectivity index (χ1) is 9.93. The van der Waals surface area contributed by atoms with Crippen LogP contribution in [-0.4, -0.2) is 24.5 Å². The van der Waals surface area contributed by atoms with Crippen molar-refractivity contribution >= 4 is 34.8 Å². The first-order valence-electron chi connectivity index (χ1n) is 6.93. The minimum absolute atomic E-state index is 0.225. The minimum Gasteiger partial charge on any atom is -0.369 e. The summed E-state index contributed by atoms with van der Waals surface area (Å²) in [7, 11) is 0. The van der Waals surface area contributed by atoms with E-state index in [0.717, 1.165) is 12.8 Å². The standard InChI is InChI=1S/C15H21ClN2O3/c1-4-5-8-21-10(2)15(20)18-12-6-7-13(16)14(9-12)17-11(3)19/h6-7,9-10H,4-5,8H2,1-3H3,(H,17,19)(H,18,20). The van der Waals surface area contributed by atoms with Crippen molar-refractivity contribution in [2.45, 2.75) is 39.7 Å². The van der Waals surface area contributed by atoms with Crippen molar-refractivity contribution in [2.24, 2.45) is 0 Å². The van der Waals surface area contributed by atoms with Crippen molar-refractivity contribution in [3.63, 3.8) is 0 Å². The predicted octanol–water partition coefficient (Wildman–Crippen LogP) is 3.44. The van der Waals surface area contributed by atoms with Crippen LogP contribution in [0.15, 0.2) is 18.2 Å². The van der Waals surface area contributed by atoms with E-state index in [1.165, 1.54) is 6.92 Å². The fourth-order valence-electron chi connectivity index (χ4n) is 1.61. The number of amides is 2. The number of nitrogens with one attached hydrogen (secondary N) is 2. The maximum atomic E-state index is 12.0. The van der Waals surface area contributed by atoms with Gasteiger partial charge in [0.1, 0.15) is 6.10 Å². The van der Waals surface area contributed by atoms with Crippen LogP contribution < -0.4 is 10.6 Å². The summed E-state index contributed by atoms with van der Waals surface area (Å²) in [5, 5.41) is 5.75. The summed E-state index contributed by atoms with van der Waals surface area (Å²) in [6.45, 7) is 5.72. The molecule has 1 rings (SSSR count). The molecule has 0 bridgehead atoms. The van der Waals surface area contributed by atoms with Crippen molar-refractivity contribution in [3.05, 3.63) is 23.2 Å². The fraction of sp³-hybridized carbons (Fsp3) is 0.467. The van der Waals surface area contributed by atoms with Crippen molar-refractivity contribution < 1.29 is 14.3 Å². The molecule has 0 heterocycles. The van der Waals surface area contributed by atoms with Crippen molar-refractivity contribution in [2.75, 3.05) is 17.2 Å². The molecule has 116 valence electrons. The maximum Gasteiger partial charge on any atom is 0.253 e. The Morgan fingerprint density at radius 1 is 1.33 bits per heavy atom. The zero-order chi connectivity index (χ0) is 15.8. The Labute approximate surface area is 130 Å². The summed E-state index contributed by atoms with van der Waals surface area (Å²) in [5.74, 6) is -0.459. The van der Waals surface area contributed by atoms with Gasteiger partial charge in [0.15, 0.2) is 0 Å². The Bertz CT molecular complexity index is 506. The Morgan fingerprint density at radius 2 is 2.05 bits per heavy atom. The van der Waals surface area contributed by atoms with Gasteiger partial charge in [-0.1, -0.05) is 24.9 Å². The van der Waals surface area contributed by atoms with Crippen LogP contribution in [0.3, 0.4) is 0 Å². The molecule has 21 heavy (non-hydrogen) atoms. The molecule has 5 nitrogen and oxygen atoms in total. The normalized spacial score (nSPS) is 11.8. The predicted molar refractivity (Wildman–Crippen MR) is 84.7 cm³/mol. The van der Waals surface area contributed by atoms with Gasteiger partial charge in [0.05, 0.1) is 10.7 Å². The SMILES string of the molecule is CCCCOC(C)C(=O)Nc1ccc(Cl)c(NC(C)=O)c1. The molecular formula is C15H21ClN2O3. The zero-order valence-electron chi connectivity index (χ0n) is 12.5. The summed E-state index contributed by atoms with van der Waals surface area (Å²) in [5.41, 5.74) is 1.01. The van der Waals surface area contributed by atoms with Gasteiger partial charge in [0.25, 0.3) is 5.91 Å². The topological polar surface area (TPSA) is 67.4 Å². The van der Waals surface area contributed by atoms with Crippen molar-refractivity contribution in [3.8, 4) is 0 Å². The van der Waals surface area contributed by atoms with Gasteiger partial charge < -0.3 is 15.4 Å². The van der Waals surface area contributed by atoms with Crippen molar-refractivity contribution in [1.29, 1.82) is 0 Å². The molecule has 0 fully saturated rings. The highest BCUT2D eigenvalue weighted by Crippen LogP contribution is 2.25. The van der Waals surface area contributed by atoms with E-state index in [9.17, 15) is 9.59 Å². The molecule has 0 aliphatic heterocycles. The second kappa shape index (κ2) is 8.64. The van der Waals surface area contributed by atoms with Gasteiger partial charge in [0, 0.05) is 19.2 Å². The van der Waals surface area contributed by atoms with E-state index in [2.05, 4.69) is 17.6 Å². The molecule has 1 aromatic rings. The van der Waals surface area contributed by atoms with Gasteiger partial charge >= 0.3 is 0 Å². The first kappa shape index (κ1) is 17.5. The number of hydrogen-bond donors (Lipinski definition) is 2. The molecule has 0 aliphatic carbocycles. The van der Waals surface area contributed by atoms with E-state index < -0.39 is 6.10 Å². The molecule has 0 aliphatic rings. The van der Waals surface area contributed by atoms with E-state index >= 15 is 0 Å². The molecule has 2 N–H and O–H groups in total. The number of unbranched alkanes of at least 4 members (excludes halogenated alkanes) is 1. The average molecular weight is 313 g/mol. The van der Waals surface area contributed by atoms with Crippen LogP contribution in [-0.2, 0) is 14.3 Å². The Hall–Kier alpha value is -1.59. The molecule has 1 atom stereocenters. The number of ether oxygens (including phenoxy) is 1. The van der Waals surface area contributed by atoms with Crippen LogP contribution in [0.25, 0.3) is 0 Å². The third-order valence-corrected chi connectivity index (χ3v) is 3.11. The number of halogens is 1. The van der Waals surface area contributed by atoms with Crippen molar-refractivity contribution in [1.82, 2.24) is 0 Å². The average Bonchev–Trinajstić information content (AvgIpc) is 2.42. The lowest BCUT2D eigenvalue weighted by molar-refractivity contribution is -0.126. The number of benzene rings is 1. The van der Waals surface area contributed by atoms with Crippen LogP contribution in [0.4, 0.5) is 11.4 Å². The van der Waals surface area contributed by atoms with E-state index in [1.807, 2.05) is 0 Å². The molecule has 0 radical (unpaired) electrons. The Balaban J connectivity index is 2.65. The first-order valence-corrected chi connectivity index (χ1v) is 7.31. The summed E-state index contributed by atoms with van der Waals surface area (Å²) < 4.78 is 5.43. The summed E-state index contributed by atoms with van der Waals surface area (Å²) in [4.78, 5) is 23.0. The monoisotopic (exact) mass is 312 g/mol. The third kappa shape index (κ3) is 6.14. The van der Waals surface area contributed by atoms with Gasteiger partial charge in [-0.2, -0.15) is 0 Å². The van der Waals surface area contributed by atoms with E-state index in [1.54, 1.807) is 25.1 Å². The second-order valence-corrected chi connectivity index (χ2v) is 5.14. The molecule has 6 heteroatoms. The van der Waals surface area contributed by atoms with Crippen LogP contribution in [0, 0.1) is 0 Å².